The van der Waals surface area contributed by atoms with E-state index in [-0.39, 0.29) is 43.1 Å². The average molecular weight is 637 g/mol. The van der Waals surface area contributed by atoms with Crippen molar-refractivity contribution in [2.24, 2.45) is 11.3 Å². The summed E-state index contributed by atoms with van der Waals surface area (Å²) in [5, 5.41) is 22.5. The van der Waals surface area contributed by atoms with Gasteiger partial charge in [0.05, 0.1) is 38.6 Å². The number of carbonyl (C=O) groups is 4. The fourth-order valence-corrected chi connectivity index (χ4v) is 6.90. The largest absolute Gasteiger partial charge is 0.466 e. The van der Waals surface area contributed by atoms with Gasteiger partial charge >= 0.3 is 17.9 Å². The fraction of sp³-hybridized carbons (Fsp3) is 0.758. The van der Waals surface area contributed by atoms with Crippen LogP contribution in [0.2, 0.25) is 0 Å². The van der Waals surface area contributed by atoms with Crippen molar-refractivity contribution in [3.05, 3.63) is 23.8 Å². The lowest BCUT2D eigenvalue weighted by molar-refractivity contribution is -0.200. The van der Waals surface area contributed by atoms with E-state index in [1.807, 2.05) is 0 Å². The first kappa shape index (κ1) is 35.2. The Morgan fingerprint density at radius 3 is 2.47 bits per heavy atom. The molecule has 1 aliphatic carbocycles. The van der Waals surface area contributed by atoms with E-state index in [2.05, 4.69) is 0 Å². The third kappa shape index (κ3) is 8.59. The minimum atomic E-state index is -2.37. The van der Waals surface area contributed by atoms with Crippen LogP contribution in [-0.2, 0) is 47.6 Å². The van der Waals surface area contributed by atoms with E-state index < -0.39 is 65.7 Å². The van der Waals surface area contributed by atoms with Crippen LogP contribution in [0, 0.1) is 11.3 Å². The lowest BCUT2D eigenvalue weighted by Crippen LogP contribution is -2.65. The first-order chi connectivity index (χ1) is 21.4. The third-order valence-electron chi connectivity index (χ3n) is 9.35. The van der Waals surface area contributed by atoms with Gasteiger partial charge in [0, 0.05) is 30.8 Å². The smallest absolute Gasteiger partial charge is 0.330 e. The minimum Gasteiger partial charge on any atom is -0.466 e. The van der Waals surface area contributed by atoms with E-state index >= 15 is 0 Å². The van der Waals surface area contributed by atoms with E-state index in [0.717, 1.165) is 32.3 Å². The number of rotatable bonds is 3. The standard InChI is InChI=1S/C33H48O12/c1-20(35)42-31-22(17-28(37)40-4)15-21-16-26(19-34)44-27(36)10-6-8-23-7-5-9-24(43-23)18-25-12-14-41-29(45-25)11-13-32(2,3)33(31,39)30(21)38/h11,13,17,21,23-26,29,31,34,39H,5-10,12,14-16,18-19H2,1-4H3/b13-11+,22-17+/t21?,23-,24+,25-,26+,29-,31-,33-/m0/s1. The lowest BCUT2D eigenvalue weighted by atomic mass is 9.59. The highest BCUT2D eigenvalue weighted by Gasteiger charge is 2.61. The van der Waals surface area contributed by atoms with Gasteiger partial charge in [0.1, 0.15) is 6.10 Å². The van der Waals surface area contributed by atoms with Crippen molar-refractivity contribution in [1.82, 2.24) is 0 Å². The molecule has 3 aliphatic heterocycles. The Labute approximate surface area is 264 Å². The molecule has 1 saturated carbocycles. The van der Waals surface area contributed by atoms with Crippen LogP contribution in [-0.4, -0.2) is 96.6 Å². The van der Waals surface area contributed by atoms with Crippen molar-refractivity contribution in [1.29, 1.82) is 0 Å². The van der Waals surface area contributed by atoms with Crippen LogP contribution in [0.3, 0.4) is 0 Å². The van der Waals surface area contributed by atoms with E-state index in [0.29, 0.717) is 32.3 Å². The highest BCUT2D eigenvalue weighted by Crippen LogP contribution is 2.48. The topological polar surface area (TPSA) is 164 Å². The number of aliphatic hydroxyl groups excluding tert-OH is 1. The number of carbonyl (C=O) groups excluding carboxylic acids is 4. The molecule has 252 valence electrons. The molecule has 6 bridgehead atoms. The molecule has 45 heavy (non-hydrogen) atoms. The number of hydrogen-bond acceptors (Lipinski definition) is 12. The van der Waals surface area contributed by atoms with Gasteiger partial charge in [-0.15, -0.1) is 0 Å². The summed E-state index contributed by atoms with van der Waals surface area (Å²) in [6.45, 7) is 4.28. The lowest BCUT2D eigenvalue weighted by Gasteiger charge is -2.50. The van der Waals surface area contributed by atoms with Gasteiger partial charge in [-0.3, -0.25) is 14.4 Å². The molecule has 0 aromatic rings. The van der Waals surface area contributed by atoms with E-state index in [9.17, 15) is 29.4 Å². The van der Waals surface area contributed by atoms with E-state index in [1.165, 1.54) is 7.11 Å². The normalized spacial score (nSPS) is 38.0. The van der Waals surface area contributed by atoms with Crippen LogP contribution in [0.25, 0.3) is 0 Å². The van der Waals surface area contributed by atoms with Crippen LogP contribution in [0.4, 0.5) is 0 Å². The van der Waals surface area contributed by atoms with Crippen LogP contribution >= 0.6 is 0 Å². The molecule has 0 aromatic carbocycles. The Morgan fingerprint density at radius 2 is 1.76 bits per heavy atom. The average Bonchev–Trinajstić information content (AvgIpc) is 3.00. The summed E-state index contributed by atoms with van der Waals surface area (Å²) in [6, 6.07) is 0. The molecule has 0 spiro atoms. The zero-order valence-electron chi connectivity index (χ0n) is 26.7. The highest BCUT2D eigenvalue weighted by atomic mass is 16.7. The Morgan fingerprint density at radius 1 is 1.04 bits per heavy atom. The molecular formula is C33H48O12. The maximum absolute atomic E-state index is 14.3. The van der Waals surface area contributed by atoms with Gasteiger partial charge in [0.15, 0.2) is 23.8 Å². The molecular weight excluding hydrogens is 588 g/mol. The van der Waals surface area contributed by atoms with Gasteiger partial charge in [0.25, 0.3) is 0 Å². The molecule has 2 N–H and O–H groups in total. The number of esters is 3. The number of ether oxygens (including phenoxy) is 6. The van der Waals surface area contributed by atoms with E-state index in [4.69, 9.17) is 28.4 Å². The molecule has 0 aromatic heterocycles. The van der Waals surface area contributed by atoms with Crippen molar-refractivity contribution in [3.63, 3.8) is 0 Å². The van der Waals surface area contributed by atoms with Gasteiger partial charge in [0.2, 0.25) is 0 Å². The molecule has 12 heteroatoms. The first-order valence-corrected chi connectivity index (χ1v) is 16.0. The van der Waals surface area contributed by atoms with Gasteiger partial charge in [-0.2, -0.15) is 0 Å². The van der Waals surface area contributed by atoms with Crippen molar-refractivity contribution in [2.45, 2.75) is 127 Å². The molecule has 8 atom stereocenters. The van der Waals surface area contributed by atoms with Gasteiger partial charge in [-0.25, -0.2) is 4.79 Å². The molecule has 3 fully saturated rings. The Balaban J connectivity index is 1.73. The quantitative estimate of drug-likeness (QED) is 0.202. The molecule has 3 heterocycles. The summed E-state index contributed by atoms with van der Waals surface area (Å²) in [6.07, 6.45) is 6.33. The summed E-state index contributed by atoms with van der Waals surface area (Å²) in [4.78, 5) is 51.8. The summed E-state index contributed by atoms with van der Waals surface area (Å²) in [7, 11) is 1.18. The van der Waals surface area contributed by atoms with E-state index in [1.54, 1.807) is 26.0 Å². The van der Waals surface area contributed by atoms with Gasteiger partial charge < -0.3 is 38.6 Å². The van der Waals surface area contributed by atoms with Crippen LogP contribution in [0.1, 0.15) is 85.0 Å². The van der Waals surface area contributed by atoms with Crippen molar-refractivity contribution in [2.75, 3.05) is 20.3 Å². The van der Waals surface area contributed by atoms with Crippen molar-refractivity contribution < 1.29 is 57.8 Å². The summed E-state index contributed by atoms with van der Waals surface area (Å²) in [5.74, 6) is -3.72. The third-order valence-corrected chi connectivity index (χ3v) is 9.35. The Hall–Kier alpha value is -2.64. The molecule has 4 aliphatic rings. The number of Topliss-reactive ketones (excluding diaryl/α,β-unsaturated/α-hetero) is 1. The van der Waals surface area contributed by atoms with Crippen LogP contribution < -0.4 is 0 Å². The Kier molecular flexibility index (Phi) is 12.0. The Bertz CT molecular complexity index is 1140. The second kappa shape index (κ2) is 15.3. The SMILES string of the molecule is COC(=O)/C=C1\CC2C[C@H](CO)OC(=O)CCC[C@@H]3CCC[C@H](C[C@@H]4CCO[C@H](/C=C/C(C)(C)[C@](O)(C2=O)[C@H]1OC(C)=O)O4)O3. The number of aliphatic hydroxyl groups is 2. The van der Waals surface area contributed by atoms with Crippen molar-refractivity contribution >= 4 is 23.7 Å². The predicted molar refractivity (Wildman–Crippen MR) is 158 cm³/mol. The summed E-state index contributed by atoms with van der Waals surface area (Å²) < 4.78 is 34.4. The van der Waals surface area contributed by atoms with Crippen LogP contribution in [0.5, 0.6) is 0 Å². The summed E-state index contributed by atoms with van der Waals surface area (Å²) >= 11 is 0. The van der Waals surface area contributed by atoms with Gasteiger partial charge in [-0.1, -0.05) is 19.9 Å². The second-order valence-corrected chi connectivity index (χ2v) is 13.1. The monoisotopic (exact) mass is 636 g/mol. The highest BCUT2D eigenvalue weighted by molar-refractivity contribution is 5.95. The maximum Gasteiger partial charge on any atom is 0.330 e. The zero-order chi connectivity index (χ0) is 32.8. The molecule has 1 unspecified atom stereocenters. The summed E-state index contributed by atoms with van der Waals surface area (Å²) in [5.41, 5.74) is -3.61. The first-order valence-electron chi connectivity index (χ1n) is 16.0. The number of ketones is 1. The molecule has 0 radical (unpaired) electrons. The number of hydrogen-bond donors (Lipinski definition) is 2. The molecule has 0 amide bonds. The van der Waals surface area contributed by atoms with Crippen molar-refractivity contribution in [3.8, 4) is 0 Å². The fourth-order valence-electron chi connectivity index (χ4n) is 6.90. The minimum absolute atomic E-state index is 0.0197. The molecule has 4 rings (SSSR count). The molecule has 2 saturated heterocycles. The number of fused-ring (bicyclic) bond motifs is 6. The predicted octanol–water partition coefficient (Wildman–Crippen LogP) is 2.86. The maximum atomic E-state index is 14.3. The second-order valence-electron chi connectivity index (χ2n) is 13.1. The van der Waals surface area contributed by atoms with Gasteiger partial charge in [-0.05, 0) is 69.4 Å². The molecule has 12 nitrogen and oxygen atoms in total. The number of methoxy groups -OCH3 is 1. The number of cyclic esters (lactones) is 1. The zero-order valence-corrected chi connectivity index (χ0v) is 26.7. The van der Waals surface area contributed by atoms with Crippen LogP contribution in [0.15, 0.2) is 23.8 Å².